The summed E-state index contributed by atoms with van der Waals surface area (Å²) < 4.78 is 0. The molecule has 0 heterocycles. The first-order chi connectivity index (χ1) is 4.31. The number of hydrogen-bond acceptors (Lipinski definition) is 2. The third kappa shape index (κ3) is 5.03. The Bertz CT molecular complexity index is 131. The van der Waals surface area contributed by atoms with Gasteiger partial charge in [0.2, 0.25) is 0 Å². The molecule has 0 bridgehead atoms. The summed E-state index contributed by atoms with van der Waals surface area (Å²) >= 11 is 4.62. The molecule has 9 heavy (non-hydrogen) atoms. The van der Waals surface area contributed by atoms with Gasteiger partial charge in [0.1, 0.15) is 6.61 Å². The Balaban J connectivity index is 3.42. The summed E-state index contributed by atoms with van der Waals surface area (Å²) in [6.45, 7) is 7.21. The SMILES string of the molecule is C=CCON=C([S])C=C. The minimum Gasteiger partial charge on any atom is -0.390 e. The van der Waals surface area contributed by atoms with Gasteiger partial charge >= 0.3 is 0 Å². The van der Waals surface area contributed by atoms with Crippen LogP contribution in [0.1, 0.15) is 0 Å². The van der Waals surface area contributed by atoms with Crippen LogP contribution in [0.2, 0.25) is 0 Å². The van der Waals surface area contributed by atoms with E-state index in [4.69, 9.17) is 0 Å². The van der Waals surface area contributed by atoms with Gasteiger partial charge in [-0.25, -0.2) is 0 Å². The van der Waals surface area contributed by atoms with Gasteiger partial charge in [0, 0.05) is 0 Å². The average Bonchev–Trinajstić information content (AvgIpc) is 1.89. The lowest BCUT2D eigenvalue weighted by atomic mass is 10.7. The van der Waals surface area contributed by atoms with E-state index in [0.29, 0.717) is 11.7 Å². The zero-order valence-electron chi connectivity index (χ0n) is 5.04. The summed E-state index contributed by atoms with van der Waals surface area (Å²) in [6.07, 6.45) is 3.04. The van der Waals surface area contributed by atoms with Gasteiger partial charge in [-0.3, -0.25) is 0 Å². The average molecular weight is 142 g/mol. The van der Waals surface area contributed by atoms with E-state index in [1.165, 1.54) is 6.08 Å². The first kappa shape index (κ1) is 8.17. The second-order valence-corrected chi connectivity index (χ2v) is 1.64. The Kier molecular flexibility index (Phi) is 4.82. The summed E-state index contributed by atoms with van der Waals surface area (Å²) in [5, 5.41) is 3.83. The Hall–Kier alpha value is -0.830. The van der Waals surface area contributed by atoms with Crippen molar-refractivity contribution in [3.8, 4) is 0 Å². The van der Waals surface area contributed by atoms with Crippen molar-refractivity contribution in [2.24, 2.45) is 5.16 Å². The van der Waals surface area contributed by atoms with Crippen molar-refractivity contribution >= 4 is 17.7 Å². The van der Waals surface area contributed by atoms with Gasteiger partial charge in [0.05, 0.1) is 0 Å². The van der Waals surface area contributed by atoms with Crippen LogP contribution in [0.4, 0.5) is 0 Å². The molecule has 1 radical (unpaired) electrons. The van der Waals surface area contributed by atoms with Crippen LogP contribution in [-0.4, -0.2) is 11.7 Å². The van der Waals surface area contributed by atoms with Crippen LogP contribution >= 0.6 is 12.6 Å². The molecule has 0 aromatic rings. The Morgan fingerprint density at radius 2 is 2.33 bits per heavy atom. The summed E-state index contributed by atoms with van der Waals surface area (Å²) in [6, 6.07) is 0. The summed E-state index contributed by atoms with van der Waals surface area (Å²) in [5.74, 6) is 0. The van der Waals surface area contributed by atoms with Crippen molar-refractivity contribution < 1.29 is 4.84 Å². The van der Waals surface area contributed by atoms with Crippen LogP contribution in [0.3, 0.4) is 0 Å². The summed E-state index contributed by atoms with van der Waals surface area (Å²) in [5.41, 5.74) is 0. The molecular weight excluding hydrogens is 134 g/mol. The maximum absolute atomic E-state index is 4.63. The highest BCUT2D eigenvalue weighted by Gasteiger charge is 1.81. The molecule has 0 aliphatic carbocycles. The molecule has 0 amide bonds. The quantitative estimate of drug-likeness (QED) is 0.193. The summed E-state index contributed by atoms with van der Waals surface area (Å²) in [7, 11) is 0. The third-order valence-corrected chi connectivity index (χ3v) is 0.763. The highest BCUT2D eigenvalue weighted by atomic mass is 32.1. The standard InChI is InChI=1S/C6H8NOS/c1-3-5-8-7-6(9)4-2/h3-4H,1-2,5H2. The van der Waals surface area contributed by atoms with Crippen molar-refractivity contribution in [1.29, 1.82) is 0 Å². The van der Waals surface area contributed by atoms with Crippen LogP contribution < -0.4 is 0 Å². The number of hydrogen-bond donors (Lipinski definition) is 0. The molecule has 0 atom stereocenters. The van der Waals surface area contributed by atoms with Gasteiger partial charge in [0.15, 0.2) is 5.04 Å². The third-order valence-electron chi connectivity index (χ3n) is 0.522. The smallest absolute Gasteiger partial charge is 0.164 e. The molecule has 49 valence electrons. The predicted octanol–water partition coefficient (Wildman–Crippen LogP) is 1.89. The minimum absolute atomic E-state index is 0.358. The molecule has 0 N–H and O–H groups in total. The Morgan fingerprint density at radius 1 is 1.67 bits per heavy atom. The van der Waals surface area contributed by atoms with Gasteiger partial charge in [-0.15, -0.1) is 0 Å². The van der Waals surface area contributed by atoms with Crippen LogP contribution in [0.15, 0.2) is 30.5 Å². The lowest BCUT2D eigenvalue weighted by molar-refractivity contribution is 0.176. The Morgan fingerprint density at radius 3 is 2.78 bits per heavy atom. The maximum atomic E-state index is 4.63. The zero-order valence-corrected chi connectivity index (χ0v) is 5.86. The van der Waals surface area contributed by atoms with E-state index in [1.54, 1.807) is 6.08 Å². The Labute approximate surface area is 60.3 Å². The number of rotatable bonds is 4. The second kappa shape index (κ2) is 5.31. The highest BCUT2D eigenvalue weighted by molar-refractivity contribution is 7.97. The number of oxime groups is 1. The fourth-order valence-electron chi connectivity index (χ4n) is 0.191. The van der Waals surface area contributed by atoms with E-state index >= 15 is 0 Å². The van der Waals surface area contributed by atoms with Gasteiger partial charge in [-0.05, 0) is 6.08 Å². The van der Waals surface area contributed by atoms with Gasteiger partial charge < -0.3 is 4.84 Å². The molecule has 3 heteroatoms. The molecule has 0 unspecified atom stereocenters. The van der Waals surface area contributed by atoms with E-state index in [1.807, 2.05) is 0 Å². The first-order valence-electron chi connectivity index (χ1n) is 2.41. The molecule has 0 aromatic carbocycles. The van der Waals surface area contributed by atoms with Crippen LogP contribution in [-0.2, 0) is 4.84 Å². The normalized spacial score (nSPS) is 10.4. The van der Waals surface area contributed by atoms with Gasteiger partial charge in [0.25, 0.3) is 0 Å². The van der Waals surface area contributed by atoms with Crippen molar-refractivity contribution in [2.75, 3.05) is 6.61 Å². The molecule has 2 nitrogen and oxygen atoms in total. The second-order valence-electron chi connectivity index (χ2n) is 1.22. The van der Waals surface area contributed by atoms with Crippen LogP contribution in [0.5, 0.6) is 0 Å². The molecule has 0 saturated carbocycles. The maximum Gasteiger partial charge on any atom is 0.164 e. The topological polar surface area (TPSA) is 21.6 Å². The molecule has 0 rings (SSSR count). The van der Waals surface area contributed by atoms with E-state index < -0.39 is 0 Å². The van der Waals surface area contributed by atoms with E-state index in [9.17, 15) is 0 Å². The van der Waals surface area contributed by atoms with Crippen molar-refractivity contribution in [3.05, 3.63) is 25.3 Å². The fraction of sp³-hybridized carbons (Fsp3) is 0.167. The highest BCUT2D eigenvalue weighted by Crippen LogP contribution is 1.86. The molecule has 0 aliphatic rings. The van der Waals surface area contributed by atoms with Crippen LogP contribution in [0.25, 0.3) is 0 Å². The predicted molar refractivity (Wildman–Crippen MR) is 41.4 cm³/mol. The molecule has 0 fully saturated rings. The first-order valence-corrected chi connectivity index (χ1v) is 2.82. The molecule has 0 aromatic heterocycles. The van der Waals surface area contributed by atoms with Crippen LogP contribution in [0, 0.1) is 0 Å². The summed E-state index contributed by atoms with van der Waals surface area (Å²) in [4.78, 5) is 4.63. The van der Waals surface area contributed by atoms with Crippen molar-refractivity contribution in [3.63, 3.8) is 0 Å². The lowest BCUT2D eigenvalue weighted by Crippen LogP contribution is -1.84. The molecule has 0 saturated heterocycles. The zero-order chi connectivity index (χ0) is 7.11. The van der Waals surface area contributed by atoms with Crippen molar-refractivity contribution in [2.45, 2.75) is 0 Å². The minimum atomic E-state index is 0.358. The molecule has 0 aliphatic heterocycles. The molecular formula is C6H8NOS. The molecule has 0 spiro atoms. The van der Waals surface area contributed by atoms with Crippen molar-refractivity contribution in [1.82, 2.24) is 0 Å². The fourth-order valence-corrected chi connectivity index (χ4v) is 0.244. The lowest BCUT2D eigenvalue weighted by Gasteiger charge is -1.90. The van der Waals surface area contributed by atoms with Gasteiger partial charge in [-0.2, -0.15) is 0 Å². The van der Waals surface area contributed by atoms with E-state index in [-0.39, 0.29) is 0 Å². The van der Waals surface area contributed by atoms with E-state index in [0.717, 1.165) is 0 Å². The largest absolute Gasteiger partial charge is 0.390 e. The van der Waals surface area contributed by atoms with E-state index in [2.05, 4.69) is 35.8 Å². The monoisotopic (exact) mass is 142 g/mol. The van der Waals surface area contributed by atoms with Gasteiger partial charge in [-0.1, -0.05) is 37.0 Å². The number of nitrogens with zero attached hydrogens (tertiary/aromatic N) is 1.